The van der Waals surface area contributed by atoms with Crippen molar-refractivity contribution >= 4 is 23.7 Å². The van der Waals surface area contributed by atoms with E-state index in [9.17, 15) is 9.59 Å². The van der Waals surface area contributed by atoms with Gasteiger partial charge in [0.1, 0.15) is 5.75 Å². The van der Waals surface area contributed by atoms with Crippen LogP contribution in [0.25, 0.3) is 11.4 Å². The van der Waals surface area contributed by atoms with E-state index in [-0.39, 0.29) is 0 Å². The molecule has 0 fully saturated rings. The van der Waals surface area contributed by atoms with Gasteiger partial charge in [-0.2, -0.15) is 0 Å². The van der Waals surface area contributed by atoms with E-state index in [0.717, 1.165) is 5.56 Å². The molecule has 0 bridgehead atoms. The summed E-state index contributed by atoms with van der Waals surface area (Å²) in [5.74, 6) is 0.767. The largest absolute Gasteiger partial charge is 0.496 e. The minimum Gasteiger partial charge on any atom is -0.496 e. The Morgan fingerprint density at radius 1 is 1.44 bits per heavy atom. The SMILES string of the molecule is C=CCn1c(SC(C)C(=O)NC(N)=O)nnc1-c1ccccc1OC. The van der Waals surface area contributed by atoms with E-state index in [4.69, 9.17) is 10.5 Å². The van der Waals surface area contributed by atoms with E-state index in [1.807, 2.05) is 28.8 Å². The molecule has 1 unspecified atom stereocenters. The number of imide groups is 1. The van der Waals surface area contributed by atoms with E-state index < -0.39 is 17.2 Å². The van der Waals surface area contributed by atoms with E-state index >= 15 is 0 Å². The molecule has 1 aromatic carbocycles. The molecule has 2 aromatic rings. The predicted molar refractivity (Wildman–Crippen MR) is 95.3 cm³/mol. The molecular weight excluding hydrogens is 342 g/mol. The lowest BCUT2D eigenvalue weighted by atomic mass is 10.2. The Hall–Kier alpha value is -2.81. The third kappa shape index (κ3) is 4.38. The minimum atomic E-state index is -0.889. The van der Waals surface area contributed by atoms with Gasteiger partial charge >= 0.3 is 6.03 Å². The molecule has 1 atom stereocenters. The Balaban J connectivity index is 2.35. The Bertz CT molecular complexity index is 790. The van der Waals surface area contributed by atoms with Gasteiger partial charge in [0, 0.05) is 6.54 Å². The number of benzene rings is 1. The Labute approximate surface area is 149 Å². The van der Waals surface area contributed by atoms with E-state index in [0.29, 0.717) is 23.3 Å². The van der Waals surface area contributed by atoms with Gasteiger partial charge in [0.2, 0.25) is 5.91 Å². The van der Waals surface area contributed by atoms with Crippen LogP contribution in [-0.4, -0.2) is 39.1 Å². The summed E-state index contributed by atoms with van der Waals surface area (Å²) in [5.41, 5.74) is 5.75. The number of allylic oxidation sites excluding steroid dienone is 1. The molecule has 3 N–H and O–H groups in total. The summed E-state index contributed by atoms with van der Waals surface area (Å²) in [6.45, 7) is 5.85. The molecule has 9 heteroatoms. The van der Waals surface area contributed by atoms with Crippen LogP contribution >= 0.6 is 11.8 Å². The second kappa shape index (κ2) is 8.34. The average molecular weight is 361 g/mol. The number of para-hydroxylation sites is 1. The number of methoxy groups -OCH3 is 1. The number of nitrogens with one attached hydrogen (secondary N) is 1. The van der Waals surface area contributed by atoms with Crippen LogP contribution in [0.2, 0.25) is 0 Å². The maximum Gasteiger partial charge on any atom is 0.318 e. The molecule has 1 heterocycles. The third-order valence-electron chi connectivity index (χ3n) is 3.27. The highest BCUT2D eigenvalue weighted by Crippen LogP contribution is 2.32. The third-order valence-corrected chi connectivity index (χ3v) is 4.35. The zero-order valence-corrected chi connectivity index (χ0v) is 14.7. The summed E-state index contributed by atoms with van der Waals surface area (Å²) in [4.78, 5) is 22.7. The first-order valence-corrected chi connectivity index (χ1v) is 8.30. The number of nitrogens with two attached hydrogens (primary N) is 1. The van der Waals surface area contributed by atoms with Crippen LogP contribution in [0.15, 0.2) is 42.1 Å². The molecule has 0 aliphatic carbocycles. The van der Waals surface area contributed by atoms with Crippen molar-refractivity contribution in [1.29, 1.82) is 0 Å². The molecule has 8 nitrogen and oxygen atoms in total. The van der Waals surface area contributed by atoms with Crippen molar-refractivity contribution in [3.63, 3.8) is 0 Å². The zero-order chi connectivity index (χ0) is 18.4. The second-order valence-electron chi connectivity index (χ2n) is 5.02. The molecule has 0 saturated heterocycles. The van der Waals surface area contributed by atoms with Crippen LogP contribution in [0.3, 0.4) is 0 Å². The predicted octanol–water partition coefficient (Wildman–Crippen LogP) is 1.82. The minimum absolute atomic E-state index is 0.451. The van der Waals surface area contributed by atoms with Crippen LogP contribution in [0, 0.1) is 0 Å². The highest BCUT2D eigenvalue weighted by molar-refractivity contribution is 8.00. The zero-order valence-electron chi connectivity index (χ0n) is 13.9. The Morgan fingerprint density at radius 2 is 2.16 bits per heavy atom. The number of hydrogen-bond donors (Lipinski definition) is 2. The quantitative estimate of drug-likeness (QED) is 0.574. The average Bonchev–Trinajstić information content (AvgIpc) is 2.97. The van der Waals surface area contributed by atoms with Crippen molar-refractivity contribution in [3.8, 4) is 17.1 Å². The molecule has 0 spiro atoms. The highest BCUT2D eigenvalue weighted by atomic mass is 32.2. The van der Waals surface area contributed by atoms with Gasteiger partial charge in [-0.1, -0.05) is 30.0 Å². The number of aromatic nitrogens is 3. The number of ether oxygens (including phenoxy) is 1. The molecule has 2 rings (SSSR count). The molecule has 132 valence electrons. The Morgan fingerprint density at radius 3 is 2.80 bits per heavy atom. The van der Waals surface area contributed by atoms with Crippen LogP contribution in [0.4, 0.5) is 4.79 Å². The number of primary amides is 1. The summed E-state index contributed by atoms with van der Waals surface area (Å²) in [6.07, 6.45) is 1.71. The number of hydrogen-bond acceptors (Lipinski definition) is 6. The number of urea groups is 1. The number of carbonyl (C=O) groups excluding carboxylic acids is 2. The van der Waals surface area contributed by atoms with Crippen LogP contribution in [0.1, 0.15) is 6.92 Å². The van der Waals surface area contributed by atoms with Crippen molar-refractivity contribution in [1.82, 2.24) is 20.1 Å². The van der Waals surface area contributed by atoms with Crippen molar-refractivity contribution in [2.45, 2.75) is 23.9 Å². The topological polar surface area (TPSA) is 112 Å². The van der Waals surface area contributed by atoms with Crippen LogP contribution < -0.4 is 15.8 Å². The number of amides is 3. The van der Waals surface area contributed by atoms with Gasteiger partial charge < -0.3 is 10.5 Å². The van der Waals surface area contributed by atoms with Gasteiger partial charge in [-0.15, -0.1) is 16.8 Å². The number of thioether (sulfide) groups is 1. The number of carbonyl (C=O) groups is 2. The van der Waals surface area contributed by atoms with Crippen molar-refractivity contribution in [2.75, 3.05) is 7.11 Å². The fourth-order valence-electron chi connectivity index (χ4n) is 2.13. The summed E-state index contributed by atoms with van der Waals surface area (Å²) in [7, 11) is 1.58. The van der Waals surface area contributed by atoms with Crippen molar-refractivity contribution < 1.29 is 14.3 Å². The summed E-state index contributed by atoms with van der Waals surface area (Å²) < 4.78 is 7.20. The fourth-order valence-corrected chi connectivity index (χ4v) is 2.99. The first kappa shape index (κ1) is 18.5. The van der Waals surface area contributed by atoms with Gasteiger partial charge in [0.25, 0.3) is 0 Å². The molecular formula is C16H19N5O3S. The Kier molecular flexibility index (Phi) is 6.18. The lowest BCUT2D eigenvalue weighted by Crippen LogP contribution is -2.39. The summed E-state index contributed by atoms with van der Waals surface area (Å²) in [6, 6.07) is 6.56. The van der Waals surface area contributed by atoms with Gasteiger partial charge in [-0.05, 0) is 19.1 Å². The molecule has 0 aliphatic heterocycles. The smallest absolute Gasteiger partial charge is 0.318 e. The molecule has 1 aromatic heterocycles. The first-order chi connectivity index (χ1) is 12.0. The maximum atomic E-state index is 11.9. The van der Waals surface area contributed by atoms with Gasteiger partial charge in [0.15, 0.2) is 11.0 Å². The summed E-state index contributed by atoms with van der Waals surface area (Å²) in [5, 5.41) is 10.4. The molecule has 0 saturated carbocycles. The molecule has 0 aliphatic rings. The highest BCUT2D eigenvalue weighted by Gasteiger charge is 2.22. The first-order valence-electron chi connectivity index (χ1n) is 7.42. The fraction of sp³-hybridized carbons (Fsp3) is 0.250. The van der Waals surface area contributed by atoms with Crippen LogP contribution in [0.5, 0.6) is 5.75 Å². The lowest BCUT2D eigenvalue weighted by molar-refractivity contribution is -0.119. The summed E-state index contributed by atoms with van der Waals surface area (Å²) >= 11 is 1.17. The maximum absolute atomic E-state index is 11.9. The van der Waals surface area contributed by atoms with Gasteiger partial charge in [0.05, 0.1) is 17.9 Å². The molecule has 0 radical (unpaired) electrons. The van der Waals surface area contributed by atoms with Crippen LogP contribution in [-0.2, 0) is 11.3 Å². The molecule has 25 heavy (non-hydrogen) atoms. The van der Waals surface area contributed by atoms with E-state index in [1.54, 1.807) is 20.1 Å². The number of rotatable bonds is 7. The standard InChI is InChI=1S/C16H19N5O3S/c1-4-9-21-13(11-7-5-6-8-12(11)24-3)19-20-16(21)25-10(2)14(22)18-15(17)23/h4-8,10H,1,9H2,2-3H3,(H3,17,18,22,23). The monoisotopic (exact) mass is 361 g/mol. The van der Waals surface area contributed by atoms with Crippen molar-refractivity contribution in [2.24, 2.45) is 5.73 Å². The number of nitrogens with zero attached hydrogens (tertiary/aromatic N) is 3. The van der Waals surface area contributed by atoms with Gasteiger partial charge in [-0.25, -0.2) is 4.79 Å². The van der Waals surface area contributed by atoms with E-state index in [2.05, 4.69) is 22.1 Å². The lowest BCUT2D eigenvalue weighted by Gasteiger charge is -2.12. The molecule has 3 amide bonds. The van der Waals surface area contributed by atoms with Crippen molar-refractivity contribution in [3.05, 3.63) is 36.9 Å². The second-order valence-corrected chi connectivity index (χ2v) is 6.33. The van der Waals surface area contributed by atoms with Gasteiger partial charge in [-0.3, -0.25) is 14.7 Å². The normalized spacial score (nSPS) is 11.6. The van der Waals surface area contributed by atoms with E-state index in [1.165, 1.54) is 11.8 Å².